The molecule has 1 saturated heterocycles. The van der Waals surface area contributed by atoms with E-state index in [0.717, 1.165) is 5.39 Å². The lowest BCUT2D eigenvalue weighted by Gasteiger charge is -2.24. The number of carbonyl (C=O) groups excluding carboxylic acids is 1. The molecule has 0 aliphatic carbocycles. The predicted molar refractivity (Wildman–Crippen MR) is 76.0 cm³/mol. The Morgan fingerprint density at radius 1 is 1.40 bits per heavy atom. The summed E-state index contributed by atoms with van der Waals surface area (Å²) >= 11 is 0. The first-order chi connectivity index (χ1) is 9.66. The molecule has 5 nitrogen and oxygen atoms in total. The van der Waals surface area contributed by atoms with E-state index in [1.807, 2.05) is 11.0 Å². The lowest BCUT2D eigenvalue weighted by Crippen LogP contribution is -2.29. The standard InChI is InChI=1S/C14H15FN4O/c15-10-8-11(16)9-2-1-4-18-13(9)14(10)19-6-3-12(20)17-5-7-19/h1-2,4,8H,3,5-7,16H2,(H,17,20). The summed E-state index contributed by atoms with van der Waals surface area (Å²) in [6, 6.07) is 4.91. The summed E-state index contributed by atoms with van der Waals surface area (Å²) < 4.78 is 14.3. The van der Waals surface area contributed by atoms with Crippen LogP contribution in [0.5, 0.6) is 0 Å². The highest BCUT2D eigenvalue weighted by molar-refractivity contribution is 5.99. The largest absolute Gasteiger partial charge is 0.398 e. The van der Waals surface area contributed by atoms with Gasteiger partial charge in [0.15, 0.2) is 5.82 Å². The molecule has 104 valence electrons. The second-order valence-corrected chi connectivity index (χ2v) is 4.78. The monoisotopic (exact) mass is 274 g/mol. The summed E-state index contributed by atoms with van der Waals surface area (Å²) in [7, 11) is 0. The Morgan fingerprint density at radius 3 is 3.10 bits per heavy atom. The topological polar surface area (TPSA) is 71.2 Å². The molecule has 1 amide bonds. The van der Waals surface area contributed by atoms with Crippen molar-refractivity contribution in [3.63, 3.8) is 0 Å². The number of nitrogens with two attached hydrogens (primary N) is 1. The normalized spacial score (nSPS) is 16.1. The highest BCUT2D eigenvalue weighted by atomic mass is 19.1. The minimum Gasteiger partial charge on any atom is -0.398 e. The van der Waals surface area contributed by atoms with Crippen molar-refractivity contribution >= 4 is 28.2 Å². The van der Waals surface area contributed by atoms with E-state index in [4.69, 9.17) is 5.73 Å². The summed E-state index contributed by atoms with van der Waals surface area (Å²) in [5.74, 6) is -0.413. The average Bonchev–Trinajstić information content (AvgIpc) is 2.64. The van der Waals surface area contributed by atoms with Crippen molar-refractivity contribution in [2.75, 3.05) is 30.3 Å². The first kappa shape index (κ1) is 12.7. The van der Waals surface area contributed by atoms with Gasteiger partial charge < -0.3 is 16.0 Å². The lowest BCUT2D eigenvalue weighted by molar-refractivity contribution is -0.120. The second kappa shape index (κ2) is 4.96. The van der Waals surface area contributed by atoms with Crippen LogP contribution < -0.4 is 16.0 Å². The number of benzene rings is 1. The van der Waals surface area contributed by atoms with Gasteiger partial charge in [-0.25, -0.2) is 4.39 Å². The zero-order valence-corrected chi connectivity index (χ0v) is 10.9. The molecule has 1 aromatic heterocycles. The number of aromatic nitrogens is 1. The van der Waals surface area contributed by atoms with Crippen LogP contribution >= 0.6 is 0 Å². The van der Waals surface area contributed by atoms with Crippen molar-refractivity contribution in [2.45, 2.75) is 6.42 Å². The van der Waals surface area contributed by atoms with Crippen LogP contribution in [0.15, 0.2) is 24.4 Å². The molecule has 2 aromatic rings. The fourth-order valence-electron chi connectivity index (χ4n) is 2.51. The van der Waals surface area contributed by atoms with Gasteiger partial charge in [0.05, 0.1) is 11.2 Å². The molecular formula is C14H15FN4O. The van der Waals surface area contributed by atoms with Gasteiger partial charge in [-0.2, -0.15) is 0 Å². The molecule has 0 saturated carbocycles. The Morgan fingerprint density at radius 2 is 2.25 bits per heavy atom. The van der Waals surface area contributed by atoms with E-state index in [0.29, 0.717) is 42.9 Å². The maximum absolute atomic E-state index is 14.3. The SMILES string of the molecule is Nc1cc(F)c(N2CCNC(=O)CC2)c2ncccc12. The number of anilines is 2. The van der Waals surface area contributed by atoms with Crippen molar-refractivity contribution in [3.8, 4) is 0 Å². The Hall–Kier alpha value is -2.37. The maximum Gasteiger partial charge on any atom is 0.221 e. The summed E-state index contributed by atoms with van der Waals surface area (Å²) in [6.07, 6.45) is 1.96. The van der Waals surface area contributed by atoms with Crippen LogP contribution in [0.1, 0.15) is 6.42 Å². The summed E-state index contributed by atoms with van der Waals surface area (Å²) in [5, 5.41) is 3.50. The molecule has 1 aromatic carbocycles. The smallest absolute Gasteiger partial charge is 0.221 e. The van der Waals surface area contributed by atoms with E-state index in [-0.39, 0.29) is 5.91 Å². The fourth-order valence-corrected chi connectivity index (χ4v) is 2.51. The van der Waals surface area contributed by atoms with Crippen LogP contribution in [0, 0.1) is 5.82 Å². The van der Waals surface area contributed by atoms with Gasteiger partial charge >= 0.3 is 0 Å². The highest BCUT2D eigenvalue weighted by Gasteiger charge is 2.21. The summed E-state index contributed by atoms with van der Waals surface area (Å²) in [6.45, 7) is 1.52. The number of hydrogen-bond donors (Lipinski definition) is 2. The average molecular weight is 274 g/mol. The molecule has 0 bridgehead atoms. The first-order valence-electron chi connectivity index (χ1n) is 6.51. The Balaban J connectivity index is 2.12. The number of halogens is 1. The Labute approximate surface area is 115 Å². The van der Waals surface area contributed by atoms with Crippen LogP contribution in [-0.4, -0.2) is 30.5 Å². The zero-order valence-electron chi connectivity index (χ0n) is 10.9. The zero-order chi connectivity index (χ0) is 14.1. The molecule has 0 radical (unpaired) electrons. The number of amides is 1. The molecule has 3 rings (SSSR count). The summed E-state index contributed by atoms with van der Waals surface area (Å²) in [5.41, 5.74) is 7.18. The number of nitrogens with one attached hydrogen (secondary N) is 1. The molecule has 3 N–H and O–H groups in total. The minimum absolute atomic E-state index is 0.0133. The maximum atomic E-state index is 14.3. The first-order valence-corrected chi connectivity index (χ1v) is 6.51. The van der Waals surface area contributed by atoms with Crippen LogP contribution in [0.4, 0.5) is 15.8 Å². The molecular weight excluding hydrogens is 259 g/mol. The van der Waals surface area contributed by atoms with Gasteiger partial charge in [-0.15, -0.1) is 0 Å². The van der Waals surface area contributed by atoms with Crippen molar-refractivity contribution < 1.29 is 9.18 Å². The van der Waals surface area contributed by atoms with Crippen molar-refractivity contribution in [1.29, 1.82) is 0 Å². The second-order valence-electron chi connectivity index (χ2n) is 4.78. The van der Waals surface area contributed by atoms with Gasteiger partial charge in [-0.3, -0.25) is 9.78 Å². The van der Waals surface area contributed by atoms with Gasteiger partial charge in [-0.1, -0.05) is 0 Å². The minimum atomic E-state index is -0.400. The van der Waals surface area contributed by atoms with Crippen molar-refractivity contribution in [1.82, 2.24) is 10.3 Å². The molecule has 2 heterocycles. The third-order valence-corrected chi connectivity index (χ3v) is 3.48. The van der Waals surface area contributed by atoms with Crippen LogP contribution in [0.3, 0.4) is 0 Å². The van der Waals surface area contributed by atoms with E-state index in [1.165, 1.54) is 6.07 Å². The number of fused-ring (bicyclic) bond motifs is 1. The summed E-state index contributed by atoms with van der Waals surface area (Å²) in [4.78, 5) is 17.5. The predicted octanol–water partition coefficient (Wildman–Crippen LogP) is 1.28. The van der Waals surface area contributed by atoms with Crippen LogP contribution in [0.2, 0.25) is 0 Å². The number of nitrogens with zero attached hydrogens (tertiary/aromatic N) is 2. The van der Waals surface area contributed by atoms with Gasteiger partial charge in [0.25, 0.3) is 0 Å². The quantitative estimate of drug-likeness (QED) is 0.769. The molecule has 1 fully saturated rings. The molecule has 0 spiro atoms. The molecule has 0 unspecified atom stereocenters. The van der Waals surface area contributed by atoms with Gasteiger partial charge in [0, 0.05) is 43.3 Å². The number of hydrogen-bond acceptors (Lipinski definition) is 4. The third-order valence-electron chi connectivity index (χ3n) is 3.48. The van der Waals surface area contributed by atoms with Crippen LogP contribution in [0.25, 0.3) is 10.9 Å². The van der Waals surface area contributed by atoms with E-state index in [2.05, 4.69) is 10.3 Å². The molecule has 1 aliphatic rings. The van der Waals surface area contributed by atoms with Gasteiger partial charge in [0.1, 0.15) is 0 Å². The molecule has 6 heteroatoms. The molecule has 0 atom stereocenters. The van der Waals surface area contributed by atoms with Gasteiger partial charge in [0.2, 0.25) is 5.91 Å². The van der Waals surface area contributed by atoms with E-state index < -0.39 is 5.82 Å². The van der Waals surface area contributed by atoms with Crippen LogP contribution in [-0.2, 0) is 4.79 Å². The fraction of sp³-hybridized carbons (Fsp3) is 0.286. The number of rotatable bonds is 1. The number of nitrogen functional groups attached to an aromatic ring is 1. The number of carbonyl (C=O) groups is 1. The Bertz CT molecular complexity index is 674. The van der Waals surface area contributed by atoms with Gasteiger partial charge in [-0.05, 0) is 18.2 Å². The third kappa shape index (κ3) is 2.13. The highest BCUT2D eigenvalue weighted by Crippen LogP contribution is 2.32. The number of pyridine rings is 1. The lowest BCUT2D eigenvalue weighted by atomic mass is 10.1. The van der Waals surface area contributed by atoms with Crippen molar-refractivity contribution in [3.05, 3.63) is 30.2 Å². The molecule has 1 aliphatic heterocycles. The van der Waals surface area contributed by atoms with Crippen molar-refractivity contribution in [2.24, 2.45) is 0 Å². The van der Waals surface area contributed by atoms with E-state index in [1.54, 1.807) is 12.3 Å². The Kier molecular flexibility index (Phi) is 3.14. The van der Waals surface area contributed by atoms with E-state index >= 15 is 0 Å². The molecule has 20 heavy (non-hydrogen) atoms. The van der Waals surface area contributed by atoms with E-state index in [9.17, 15) is 9.18 Å².